The molecule has 1 amide bonds. The van der Waals surface area contributed by atoms with E-state index in [2.05, 4.69) is 27.6 Å². The minimum Gasteiger partial charge on any atom is -0.321 e. The molecule has 0 saturated heterocycles. The molecule has 0 unspecified atom stereocenters. The fourth-order valence-corrected chi connectivity index (χ4v) is 1.82. The lowest BCUT2D eigenvalue weighted by Gasteiger charge is -2.08. The minimum absolute atomic E-state index is 0.214. The molecule has 6 heteroatoms. The van der Waals surface area contributed by atoms with Gasteiger partial charge >= 0.3 is 0 Å². The smallest absolute Gasteiger partial charge is 0.255 e. The molecule has 2 aromatic heterocycles. The van der Waals surface area contributed by atoms with E-state index in [9.17, 15) is 4.79 Å². The van der Waals surface area contributed by atoms with Crippen LogP contribution in [-0.4, -0.2) is 15.9 Å². The summed E-state index contributed by atoms with van der Waals surface area (Å²) in [7, 11) is 0. The summed E-state index contributed by atoms with van der Waals surface area (Å²) < 4.78 is 0. The maximum atomic E-state index is 12.2. The van der Waals surface area contributed by atoms with E-state index in [4.69, 9.17) is 5.84 Å². The molecule has 104 valence electrons. The summed E-state index contributed by atoms with van der Waals surface area (Å²) in [5.41, 5.74) is 4.48. The molecule has 4 N–H and O–H groups in total. The molecule has 0 aliphatic rings. The highest BCUT2D eigenvalue weighted by molar-refractivity contribution is 6.04. The fourth-order valence-electron chi connectivity index (χ4n) is 1.82. The van der Waals surface area contributed by atoms with Crippen LogP contribution in [0.1, 0.15) is 29.4 Å². The van der Waals surface area contributed by atoms with Gasteiger partial charge in [-0.2, -0.15) is 0 Å². The lowest BCUT2D eigenvalue weighted by atomic mass is 10.1. The van der Waals surface area contributed by atoms with E-state index in [1.807, 2.05) is 0 Å². The number of amides is 1. The molecule has 20 heavy (non-hydrogen) atoms. The Morgan fingerprint density at radius 2 is 2.25 bits per heavy atom. The zero-order valence-electron chi connectivity index (χ0n) is 11.3. The molecule has 0 fully saturated rings. The van der Waals surface area contributed by atoms with E-state index in [0.717, 1.165) is 18.5 Å². The van der Waals surface area contributed by atoms with Gasteiger partial charge in [0.1, 0.15) is 5.82 Å². The molecular formula is C14H17N5O. The van der Waals surface area contributed by atoms with Crippen molar-refractivity contribution in [1.82, 2.24) is 9.97 Å². The molecule has 2 aromatic rings. The van der Waals surface area contributed by atoms with Gasteiger partial charge in [-0.3, -0.25) is 9.78 Å². The number of hydrogen-bond acceptors (Lipinski definition) is 5. The molecule has 0 aromatic carbocycles. The van der Waals surface area contributed by atoms with E-state index in [0.29, 0.717) is 17.1 Å². The molecule has 0 bridgehead atoms. The first kappa shape index (κ1) is 14.0. The molecule has 0 aliphatic carbocycles. The maximum Gasteiger partial charge on any atom is 0.255 e. The second kappa shape index (κ2) is 6.63. The van der Waals surface area contributed by atoms with Crippen molar-refractivity contribution in [3.8, 4) is 0 Å². The van der Waals surface area contributed by atoms with Crippen molar-refractivity contribution < 1.29 is 4.79 Å². The Kier molecular flexibility index (Phi) is 4.62. The van der Waals surface area contributed by atoms with Gasteiger partial charge in [-0.1, -0.05) is 13.3 Å². The number of nitrogen functional groups attached to an aromatic ring is 1. The number of rotatable bonds is 5. The van der Waals surface area contributed by atoms with Gasteiger partial charge in [0.15, 0.2) is 0 Å². The molecule has 2 heterocycles. The molecule has 0 saturated carbocycles. The Labute approximate surface area is 117 Å². The summed E-state index contributed by atoms with van der Waals surface area (Å²) in [6.45, 7) is 2.06. The van der Waals surface area contributed by atoms with Crippen molar-refractivity contribution in [2.24, 2.45) is 5.84 Å². The van der Waals surface area contributed by atoms with E-state index < -0.39 is 0 Å². The Balaban J connectivity index is 2.22. The number of hydrogen-bond donors (Lipinski definition) is 3. The van der Waals surface area contributed by atoms with Crippen LogP contribution in [0.25, 0.3) is 0 Å². The molecule has 0 aliphatic heterocycles. The largest absolute Gasteiger partial charge is 0.321 e. The van der Waals surface area contributed by atoms with Crippen molar-refractivity contribution in [2.45, 2.75) is 19.8 Å². The van der Waals surface area contributed by atoms with Crippen LogP contribution in [0.5, 0.6) is 0 Å². The van der Waals surface area contributed by atoms with Gasteiger partial charge in [0.25, 0.3) is 5.91 Å². The van der Waals surface area contributed by atoms with Crippen LogP contribution in [0.4, 0.5) is 11.5 Å². The topological polar surface area (TPSA) is 92.9 Å². The third kappa shape index (κ3) is 3.52. The monoisotopic (exact) mass is 271 g/mol. The third-order valence-electron chi connectivity index (χ3n) is 2.71. The van der Waals surface area contributed by atoms with E-state index in [1.165, 1.54) is 0 Å². The summed E-state index contributed by atoms with van der Waals surface area (Å²) >= 11 is 0. The summed E-state index contributed by atoms with van der Waals surface area (Å²) in [5, 5.41) is 2.78. The molecule has 6 nitrogen and oxygen atoms in total. The van der Waals surface area contributed by atoms with Crippen molar-refractivity contribution in [3.63, 3.8) is 0 Å². The van der Waals surface area contributed by atoms with Gasteiger partial charge in [0.05, 0.1) is 11.9 Å². The summed E-state index contributed by atoms with van der Waals surface area (Å²) in [6, 6.07) is 6.93. The lowest BCUT2D eigenvalue weighted by molar-refractivity contribution is 0.102. The molecule has 0 radical (unpaired) electrons. The number of anilines is 2. The predicted molar refractivity (Wildman–Crippen MR) is 78.2 cm³/mol. The maximum absolute atomic E-state index is 12.2. The number of carbonyl (C=O) groups is 1. The number of nitrogens with one attached hydrogen (secondary N) is 2. The molecule has 0 spiro atoms. The van der Waals surface area contributed by atoms with Crippen molar-refractivity contribution in [2.75, 3.05) is 10.7 Å². The van der Waals surface area contributed by atoms with Crippen molar-refractivity contribution in [3.05, 3.63) is 47.9 Å². The van der Waals surface area contributed by atoms with Crippen LogP contribution in [-0.2, 0) is 6.42 Å². The highest BCUT2D eigenvalue weighted by Gasteiger charge is 2.10. The Morgan fingerprint density at radius 1 is 1.40 bits per heavy atom. The first-order chi connectivity index (χ1) is 9.72. The number of aromatic nitrogens is 2. The molecular weight excluding hydrogens is 254 g/mol. The van der Waals surface area contributed by atoms with Crippen LogP contribution < -0.4 is 16.6 Å². The Hall–Kier alpha value is -2.47. The van der Waals surface area contributed by atoms with Gasteiger partial charge in [-0.25, -0.2) is 10.8 Å². The summed E-state index contributed by atoms with van der Waals surface area (Å²) in [4.78, 5) is 20.5. The standard InChI is InChI=1S/C14H17N5O/c1-2-4-11-7-10(8-13(17-11)19-15)14(20)18-12-5-3-6-16-9-12/h3,5-9H,2,4,15H2,1H3,(H,17,19)(H,18,20). The number of carbonyl (C=O) groups excluding carboxylic acids is 1. The summed E-state index contributed by atoms with van der Waals surface area (Å²) in [6.07, 6.45) is 4.99. The van der Waals surface area contributed by atoms with E-state index in [-0.39, 0.29) is 5.91 Å². The molecule has 2 rings (SSSR count). The quantitative estimate of drug-likeness (QED) is 0.571. The predicted octanol–water partition coefficient (Wildman–Crippen LogP) is 1.97. The van der Waals surface area contributed by atoms with Gasteiger partial charge in [0, 0.05) is 17.5 Å². The number of aryl methyl sites for hydroxylation is 1. The first-order valence-electron chi connectivity index (χ1n) is 6.42. The van der Waals surface area contributed by atoms with Gasteiger partial charge < -0.3 is 10.7 Å². The van der Waals surface area contributed by atoms with E-state index in [1.54, 1.807) is 36.7 Å². The number of pyridine rings is 2. The minimum atomic E-state index is -0.214. The van der Waals surface area contributed by atoms with Crippen LogP contribution in [0.15, 0.2) is 36.7 Å². The van der Waals surface area contributed by atoms with Crippen molar-refractivity contribution in [1.29, 1.82) is 0 Å². The fraction of sp³-hybridized carbons (Fsp3) is 0.214. The van der Waals surface area contributed by atoms with Gasteiger partial charge in [-0.05, 0) is 30.7 Å². The average Bonchev–Trinajstić information content (AvgIpc) is 2.48. The van der Waals surface area contributed by atoms with Crippen molar-refractivity contribution >= 4 is 17.4 Å². The summed E-state index contributed by atoms with van der Waals surface area (Å²) in [5.74, 6) is 5.65. The Morgan fingerprint density at radius 3 is 2.90 bits per heavy atom. The SMILES string of the molecule is CCCc1cc(C(=O)Nc2cccnc2)cc(NN)n1. The number of nitrogens with zero attached hydrogens (tertiary/aromatic N) is 2. The molecule has 0 atom stereocenters. The van der Waals surface area contributed by atoms with Crippen LogP contribution in [0.3, 0.4) is 0 Å². The normalized spacial score (nSPS) is 10.1. The number of hydrazine groups is 1. The zero-order valence-corrected chi connectivity index (χ0v) is 11.3. The second-order valence-corrected chi connectivity index (χ2v) is 4.32. The zero-order chi connectivity index (χ0) is 14.4. The van der Waals surface area contributed by atoms with Gasteiger partial charge in [0.2, 0.25) is 0 Å². The first-order valence-corrected chi connectivity index (χ1v) is 6.42. The average molecular weight is 271 g/mol. The van der Waals surface area contributed by atoms with Gasteiger partial charge in [-0.15, -0.1) is 0 Å². The highest BCUT2D eigenvalue weighted by atomic mass is 16.1. The second-order valence-electron chi connectivity index (χ2n) is 4.32. The Bertz CT molecular complexity index is 585. The lowest BCUT2D eigenvalue weighted by Crippen LogP contribution is -2.15. The van der Waals surface area contributed by atoms with Crippen LogP contribution >= 0.6 is 0 Å². The van der Waals surface area contributed by atoms with Crippen LogP contribution in [0.2, 0.25) is 0 Å². The highest BCUT2D eigenvalue weighted by Crippen LogP contribution is 2.13. The third-order valence-corrected chi connectivity index (χ3v) is 2.71. The van der Waals surface area contributed by atoms with E-state index >= 15 is 0 Å². The number of nitrogens with two attached hydrogens (primary N) is 1. The van der Waals surface area contributed by atoms with Crippen LogP contribution in [0, 0.1) is 0 Å².